The lowest BCUT2D eigenvalue weighted by molar-refractivity contribution is 0.0529. The van der Waals surface area contributed by atoms with E-state index in [1.165, 1.54) is 6.33 Å². The number of rotatable bonds is 2. The molecule has 1 N–H and O–H groups in total. The summed E-state index contributed by atoms with van der Waals surface area (Å²) in [5, 5.41) is 2.63. The molecule has 0 aliphatic heterocycles. The highest BCUT2D eigenvalue weighted by Crippen LogP contribution is 2.06. The Bertz CT molecular complexity index is 441. The van der Waals surface area contributed by atoms with E-state index < -0.39 is 11.7 Å². The summed E-state index contributed by atoms with van der Waals surface area (Å²) in [5.41, 5.74) is 0.284. The fourth-order valence-electron chi connectivity index (χ4n) is 1.07. The maximum atomic E-state index is 11.3. The van der Waals surface area contributed by atoms with Crippen molar-refractivity contribution < 1.29 is 9.53 Å². The molecule has 0 aromatic carbocycles. The average molecular weight is 247 g/mol. The molecule has 0 radical (unpaired) electrons. The third-order valence-electron chi connectivity index (χ3n) is 1.71. The Morgan fingerprint density at radius 3 is 2.67 bits per heavy atom. The third kappa shape index (κ3) is 6.48. The molecule has 0 aliphatic rings. The molecule has 1 amide bonds. The molecule has 0 spiro atoms. The van der Waals surface area contributed by atoms with Crippen molar-refractivity contribution >= 4 is 6.09 Å². The fourth-order valence-corrected chi connectivity index (χ4v) is 1.07. The summed E-state index contributed by atoms with van der Waals surface area (Å²) in [6.45, 7) is 5.92. The van der Waals surface area contributed by atoms with Crippen LogP contribution < -0.4 is 5.32 Å². The maximum Gasteiger partial charge on any atom is 0.407 e. The molecule has 1 heterocycles. The zero-order valence-electron chi connectivity index (χ0n) is 10.9. The largest absolute Gasteiger partial charge is 0.444 e. The monoisotopic (exact) mass is 247 g/mol. The Labute approximate surface area is 107 Å². The van der Waals surface area contributed by atoms with E-state index in [0.29, 0.717) is 13.0 Å². The van der Waals surface area contributed by atoms with Crippen LogP contribution in [-0.2, 0) is 4.74 Å². The van der Waals surface area contributed by atoms with Crippen molar-refractivity contribution in [2.75, 3.05) is 6.54 Å². The van der Waals surface area contributed by atoms with Crippen LogP contribution in [0.25, 0.3) is 0 Å². The molecule has 96 valence electrons. The number of nitrogens with one attached hydrogen (secondary N) is 1. The molecule has 18 heavy (non-hydrogen) atoms. The molecule has 0 unspecified atom stereocenters. The highest BCUT2D eigenvalue weighted by Gasteiger charge is 2.15. The van der Waals surface area contributed by atoms with Crippen LogP contribution in [0.3, 0.4) is 0 Å². The van der Waals surface area contributed by atoms with Gasteiger partial charge in [-0.15, -0.1) is 0 Å². The molecule has 1 aromatic heterocycles. The van der Waals surface area contributed by atoms with Crippen LogP contribution in [0.4, 0.5) is 4.79 Å². The van der Waals surface area contributed by atoms with Gasteiger partial charge in [0.15, 0.2) is 0 Å². The fraction of sp³-hybridized carbons (Fsp3) is 0.462. The standard InChI is InChI=1S/C13H17N3O2/c1-13(2,3)18-12(17)16-7-5-4-6-11-8-14-10-15-9-11/h8-10H,5,7H2,1-3H3,(H,16,17). The van der Waals surface area contributed by atoms with Gasteiger partial charge in [-0.2, -0.15) is 0 Å². The first-order valence-electron chi connectivity index (χ1n) is 5.68. The first kappa shape index (κ1) is 14.0. The molecule has 0 atom stereocenters. The quantitative estimate of drug-likeness (QED) is 0.638. The summed E-state index contributed by atoms with van der Waals surface area (Å²) < 4.78 is 5.08. The van der Waals surface area contributed by atoms with Gasteiger partial charge >= 0.3 is 6.09 Å². The molecular formula is C13H17N3O2. The summed E-state index contributed by atoms with van der Waals surface area (Å²) in [6.07, 6.45) is 4.86. The van der Waals surface area contributed by atoms with Gasteiger partial charge in [0.1, 0.15) is 11.9 Å². The zero-order chi connectivity index (χ0) is 13.4. The molecule has 0 aliphatic carbocycles. The molecule has 1 rings (SSSR count). The second-order valence-corrected chi connectivity index (χ2v) is 4.61. The smallest absolute Gasteiger partial charge is 0.407 e. The summed E-state index contributed by atoms with van der Waals surface area (Å²) in [7, 11) is 0. The van der Waals surface area contributed by atoms with Crippen LogP contribution in [-0.4, -0.2) is 28.2 Å². The van der Waals surface area contributed by atoms with Gasteiger partial charge in [-0.3, -0.25) is 0 Å². The van der Waals surface area contributed by atoms with Gasteiger partial charge in [-0.05, 0) is 20.8 Å². The molecular weight excluding hydrogens is 230 g/mol. The number of amides is 1. The van der Waals surface area contributed by atoms with Crippen LogP contribution >= 0.6 is 0 Å². The van der Waals surface area contributed by atoms with E-state index in [4.69, 9.17) is 4.74 Å². The van der Waals surface area contributed by atoms with Gasteiger partial charge in [-0.25, -0.2) is 14.8 Å². The first-order valence-corrected chi connectivity index (χ1v) is 5.68. The minimum atomic E-state index is -0.475. The van der Waals surface area contributed by atoms with Crippen molar-refractivity contribution in [1.29, 1.82) is 0 Å². The second kappa shape index (κ2) is 6.60. The number of aromatic nitrogens is 2. The van der Waals surface area contributed by atoms with Crippen molar-refractivity contribution in [3.8, 4) is 11.8 Å². The topological polar surface area (TPSA) is 64.1 Å². The molecule has 5 heteroatoms. The van der Waals surface area contributed by atoms with E-state index in [9.17, 15) is 4.79 Å². The molecule has 0 saturated heterocycles. The summed E-state index contributed by atoms with van der Waals surface area (Å²) in [4.78, 5) is 19.0. The van der Waals surface area contributed by atoms with Gasteiger partial charge < -0.3 is 10.1 Å². The molecule has 0 bridgehead atoms. The maximum absolute atomic E-state index is 11.3. The van der Waals surface area contributed by atoms with Crippen molar-refractivity contribution in [3.63, 3.8) is 0 Å². The Morgan fingerprint density at radius 1 is 1.39 bits per heavy atom. The van der Waals surface area contributed by atoms with Gasteiger partial charge in [0.25, 0.3) is 0 Å². The SMILES string of the molecule is CC(C)(C)OC(=O)NCCC#Cc1cncnc1. The molecule has 0 fully saturated rings. The number of hydrogen-bond acceptors (Lipinski definition) is 4. The Balaban J connectivity index is 2.24. The normalized spacial score (nSPS) is 10.2. The second-order valence-electron chi connectivity index (χ2n) is 4.61. The number of carbonyl (C=O) groups is 1. The lowest BCUT2D eigenvalue weighted by Gasteiger charge is -2.19. The van der Waals surface area contributed by atoms with E-state index >= 15 is 0 Å². The summed E-state index contributed by atoms with van der Waals surface area (Å²) in [6, 6.07) is 0. The van der Waals surface area contributed by atoms with Crippen LogP contribution in [0.1, 0.15) is 32.8 Å². The highest BCUT2D eigenvalue weighted by atomic mass is 16.6. The average Bonchev–Trinajstić information content (AvgIpc) is 2.27. The third-order valence-corrected chi connectivity index (χ3v) is 1.71. The number of ether oxygens (including phenoxy) is 1. The minimum absolute atomic E-state index is 0.424. The van der Waals surface area contributed by atoms with Crippen LogP contribution in [0, 0.1) is 11.8 Å². The Morgan fingerprint density at radius 2 is 2.06 bits per heavy atom. The van der Waals surface area contributed by atoms with Crippen molar-refractivity contribution in [3.05, 3.63) is 24.3 Å². The lowest BCUT2D eigenvalue weighted by Crippen LogP contribution is -2.32. The van der Waals surface area contributed by atoms with E-state index in [2.05, 4.69) is 27.1 Å². The van der Waals surface area contributed by atoms with Crippen molar-refractivity contribution in [1.82, 2.24) is 15.3 Å². The lowest BCUT2D eigenvalue weighted by atomic mass is 10.2. The number of alkyl carbamates (subject to hydrolysis) is 1. The van der Waals surface area contributed by atoms with Crippen molar-refractivity contribution in [2.24, 2.45) is 0 Å². The van der Waals surface area contributed by atoms with E-state index in [1.54, 1.807) is 12.4 Å². The summed E-state index contributed by atoms with van der Waals surface area (Å²) in [5.74, 6) is 5.82. The van der Waals surface area contributed by atoms with Crippen LogP contribution in [0.2, 0.25) is 0 Å². The molecule has 0 saturated carbocycles. The van der Waals surface area contributed by atoms with Gasteiger partial charge in [0.05, 0.1) is 5.56 Å². The summed E-state index contributed by atoms with van der Waals surface area (Å²) >= 11 is 0. The van der Waals surface area contributed by atoms with Crippen LogP contribution in [0.5, 0.6) is 0 Å². The van der Waals surface area contributed by atoms with E-state index in [0.717, 1.165) is 5.56 Å². The number of hydrogen-bond donors (Lipinski definition) is 1. The van der Waals surface area contributed by atoms with Gasteiger partial charge in [0, 0.05) is 25.4 Å². The van der Waals surface area contributed by atoms with Gasteiger partial charge in [-0.1, -0.05) is 11.8 Å². The van der Waals surface area contributed by atoms with E-state index in [1.807, 2.05) is 20.8 Å². The number of nitrogens with zero attached hydrogens (tertiary/aromatic N) is 2. The Kier molecular flexibility index (Phi) is 5.12. The minimum Gasteiger partial charge on any atom is -0.444 e. The first-order chi connectivity index (χ1) is 8.47. The predicted molar refractivity (Wildman–Crippen MR) is 67.8 cm³/mol. The molecule has 5 nitrogen and oxygen atoms in total. The highest BCUT2D eigenvalue weighted by molar-refractivity contribution is 5.67. The zero-order valence-corrected chi connectivity index (χ0v) is 10.9. The van der Waals surface area contributed by atoms with Crippen molar-refractivity contribution in [2.45, 2.75) is 32.8 Å². The van der Waals surface area contributed by atoms with Crippen LogP contribution in [0.15, 0.2) is 18.7 Å². The van der Waals surface area contributed by atoms with Gasteiger partial charge in [0.2, 0.25) is 0 Å². The predicted octanol–water partition coefficient (Wildman–Crippen LogP) is 1.74. The van der Waals surface area contributed by atoms with E-state index in [-0.39, 0.29) is 0 Å². The number of carbonyl (C=O) groups excluding carboxylic acids is 1. The molecule has 1 aromatic rings. The Hall–Kier alpha value is -2.09.